The smallest absolute Gasteiger partial charge is 0.192 e. The first-order chi connectivity index (χ1) is 8.75. The predicted molar refractivity (Wildman–Crippen MR) is 72.7 cm³/mol. The number of para-hydroxylation sites is 1. The predicted octanol–water partition coefficient (Wildman–Crippen LogP) is 3.77. The van der Waals surface area contributed by atoms with Crippen LogP contribution in [0.3, 0.4) is 0 Å². The van der Waals surface area contributed by atoms with Gasteiger partial charge in [-0.3, -0.25) is 4.79 Å². The molecule has 0 fully saturated rings. The molecular formula is C16H12O2. The number of fused-ring (bicyclic) bond motifs is 1. The minimum Gasteiger partial charge on any atom is -0.460 e. The summed E-state index contributed by atoms with van der Waals surface area (Å²) in [6, 6.07) is 17.1. The molecule has 3 aromatic rings. The van der Waals surface area contributed by atoms with E-state index in [0.717, 1.165) is 11.1 Å². The SMILES string of the molecule is Cc1cc(=O)c2cccc(-c3ccccc3)c2o1. The van der Waals surface area contributed by atoms with Gasteiger partial charge >= 0.3 is 0 Å². The lowest BCUT2D eigenvalue weighted by atomic mass is 10.0. The van der Waals surface area contributed by atoms with Gasteiger partial charge in [-0.25, -0.2) is 0 Å². The highest BCUT2D eigenvalue weighted by atomic mass is 16.3. The van der Waals surface area contributed by atoms with Gasteiger partial charge in [0.15, 0.2) is 5.43 Å². The molecule has 18 heavy (non-hydrogen) atoms. The van der Waals surface area contributed by atoms with Gasteiger partial charge in [-0.15, -0.1) is 0 Å². The molecule has 0 unspecified atom stereocenters. The maximum Gasteiger partial charge on any atom is 0.192 e. The molecule has 0 amide bonds. The molecule has 1 aromatic heterocycles. The van der Waals surface area contributed by atoms with Crippen molar-refractivity contribution in [1.82, 2.24) is 0 Å². The summed E-state index contributed by atoms with van der Waals surface area (Å²) < 4.78 is 5.73. The Morgan fingerprint density at radius 3 is 2.50 bits per heavy atom. The zero-order chi connectivity index (χ0) is 12.5. The van der Waals surface area contributed by atoms with Crippen LogP contribution in [0.5, 0.6) is 0 Å². The van der Waals surface area contributed by atoms with Gasteiger partial charge in [0.25, 0.3) is 0 Å². The molecule has 0 atom stereocenters. The summed E-state index contributed by atoms with van der Waals surface area (Å²) in [7, 11) is 0. The molecule has 0 spiro atoms. The molecule has 0 saturated carbocycles. The molecule has 0 aliphatic carbocycles. The van der Waals surface area contributed by atoms with Gasteiger partial charge in [0.1, 0.15) is 11.3 Å². The second kappa shape index (κ2) is 4.15. The maximum absolute atomic E-state index is 11.9. The monoisotopic (exact) mass is 236 g/mol. The van der Waals surface area contributed by atoms with Crippen LogP contribution in [-0.4, -0.2) is 0 Å². The molecule has 0 bridgehead atoms. The number of hydrogen-bond donors (Lipinski definition) is 0. The summed E-state index contributed by atoms with van der Waals surface area (Å²) in [5.41, 5.74) is 2.67. The van der Waals surface area contributed by atoms with E-state index in [-0.39, 0.29) is 5.43 Å². The molecule has 2 nitrogen and oxygen atoms in total. The minimum atomic E-state index is 0.00605. The lowest BCUT2D eigenvalue weighted by molar-refractivity contribution is 0.565. The van der Waals surface area contributed by atoms with Crippen molar-refractivity contribution in [3.8, 4) is 11.1 Å². The van der Waals surface area contributed by atoms with E-state index in [1.807, 2.05) is 42.5 Å². The Kier molecular flexibility index (Phi) is 2.49. The van der Waals surface area contributed by atoms with Gasteiger partial charge in [0.05, 0.1) is 5.39 Å². The molecule has 0 aliphatic heterocycles. The summed E-state index contributed by atoms with van der Waals surface area (Å²) in [5, 5.41) is 0.627. The second-order valence-electron chi connectivity index (χ2n) is 4.27. The Morgan fingerprint density at radius 1 is 0.944 bits per heavy atom. The van der Waals surface area contributed by atoms with Crippen molar-refractivity contribution in [2.45, 2.75) is 6.92 Å². The fourth-order valence-corrected chi connectivity index (χ4v) is 2.14. The van der Waals surface area contributed by atoms with Crippen molar-refractivity contribution in [1.29, 1.82) is 0 Å². The van der Waals surface area contributed by atoms with E-state index in [1.54, 1.807) is 13.0 Å². The second-order valence-corrected chi connectivity index (χ2v) is 4.27. The summed E-state index contributed by atoms with van der Waals surface area (Å²) in [6.45, 7) is 1.79. The van der Waals surface area contributed by atoms with Gasteiger partial charge in [-0.1, -0.05) is 42.5 Å². The lowest BCUT2D eigenvalue weighted by Gasteiger charge is -2.06. The first kappa shape index (κ1) is 10.8. The van der Waals surface area contributed by atoms with Crippen LogP contribution in [-0.2, 0) is 0 Å². The Balaban J connectivity index is 2.41. The largest absolute Gasteiger partial charge is 0.460 e. The molecule has 0 radical (unpaired) electrons. The van der Waals surface area contributed by atoms with E-state index in [9.17, 15) is 4.79 Å². The van der Waals surface area contributed by atoms with Gasteiger partial charge in [0, 0.05) is 11.6 Å². The molecule has 2 aromatic carbocycles. The molecule has 2 heteroatoms. The normalized spacial score (nSPS) is 10.7. The minimum absolute atomic E-state index is 0.00605. The highest BCUT2D eigenvalue weighted by molar-refractivity contribution is 5.91. The molecule has 0 N–H and O–H groups in total. The van der Waals surface area contributed by atoms with Crippen molar-refractivity contribution in [2.75, 3.05) is 0 Å². The zero-order valence-corrected chi connectivity index (χ0v) is 10.0. The summed E-state index contributed by atoms with van der Waals surface area (Å²) in [5.74, 6) is 0.635. The molecule has 1 heterocycles. The van der Waals surface area contributed by atoms with Crippen LogP contribution in [0.1, 0.15) is 5.76 Å². The number of benzene rings is 2. The zero-order valence-electron chi connectivity index (χ0n) is 10.0. The fourth-order valence-electron chi connectivity index (χ4n) is 2.14. The van der Waals surface area contributed by atoms with Crippen molar-refractivity contribution < 1.29 is 4.42 Å². The van der Waals surface area contributed by atoms with Crippen LogP contribution in [0, 0.1) is 6.92 Å². The van der Waals surface area contributed by atoms with Crippen LogP contribution in [0.15, 0.2) is 63.8 Å². The number of hydrogen-bond acceptors (Lipinski definition) is 2. The lowest BCUT2D eigenvalue weighted by Crippen LogP contribution is -2.00. The third kappa shape index (κ3) is 1.72. The van der Waals surface area contributed by atoms with E-state index in [2.05, 4.69) is 0 Å². The summed E-state index contributed by atoms with van der Waals surface area (Å²) >= 11 is 0. The van der Waals surface area contributed by atoms with Gasteiger partial charge < -0.3 is 4.42 Å². The molecular weight excluding hydrogens is 224 g/mol. The molecule has 88 valence electrons. The average Bonchev–Trinajstić information content (AvgIpc) is 2.39. The van der Waals surface area contributed by atoms with E-state index in [1.165, 1.54) is 6.07 Å². The first-order valence-electron chi connectivity index (χ1n) is 5.84. The summed E-state index contributed by atoms with van der Waals surface area (Å²) in [4.78, 5) is 11.9. The van der Waals surface area contributed by atoms with Crippen LogP contribution < -0.4 is 5.43 Å². The van der Waals surface area contributed by atoms with Gasteiger partial charge in [0.2, 0.25) is 0 Å². The standard InChI is InChI=1S/C16H12O2/c1-11-10-15(17)14-9-5-8-13(16(14)18-11)12-6-3-2-4-7-12/h2-10H,1H3. The third-order valence-electron chi connectivity index (χ3n) is 2.96. The van der Waals surface area contributed by atoms with Crippen molar-refractivity contribution >= 4 is 11.0 Å². The number of aryl methyl sites for hydroxylation is 1. The van der Waals surface area contributed by atoms with Crippen molar-refractivity contribution in [3.63, 3.8) is 0 Å². The molecule has 3 rings (SSSR count). The van der Waals surface area contributed by atoms with Crippen LogP contribution in [0.4, 0.5) is 0 Å². The first-order valence-corrected chi connectivity index (χ1v) is 5.84. The maximum atomic E-state index is 11.9. The van der Waals surface area contributed by atoms with Gasteiger partial charge in [-0.05, 0) is 18.6 Å². The van der Waals surface area contributed by atoms with Crippen LogP contribution >= 0.6 is 0 Å². The Morgan fingerprint density at radius 2 is 1.72 bits per heavy atom. The topological polar surface area (TPSA) is 30.2 Å². The van der Waals surface area contributed by atoms with Crippen LogP contribution in [0.25, 0.3) is 22.1 Å². The third-order valence-corrected chi connectivity index (χ3v) is 2.96. The van der Waals surface area contributed by atoms with E-state index in [0.29, 0.717) is 16.7 Å². The Hall–Kier alpha value is -2.35. The van der Waals surface area contributed by atoms with Crippen molar-refractivity contribution in [2.24, 2.45) is 0 Å². The average molecular weight is 236 g/mol. The van der Waals surface area contributed by atoms with Gasteiger partial charge in [-0.2, -0.15) is 0 Å². The Bertz CT molecular complexity index is 755. The Labute approximate surface area is 105 Å². The van der Waals surface area contributed by atoms with E-state index >= 15 is 0 Å². The quantitative estimate of drug-likeness (QED) is 0.643. The van der Waals surface area contributed by atoms with Crippen molar-refractivity contribution in [3.05, 3.63) is 70.6 Å². The van der Waals surface area contributed by atoms with E-state index < -0.39 is 0 Å². The van der Waals surface area contributed by atoms with E-state index in [4.69, 9.17) is 4.42 Å². The number of rotatable bonds is 1. The summed E-state index contributed by atoms with van der Waals surface area (Å²) in [6.07, 6.45) is 0. The molecule has 0 aliphatic rings. The highest BCUT2D eigenvalue weighted by Gasteiger charge is 2.08. The fraction of sp³-hybridized carbons (Fsp3) is 0.0625. The van der Waals surface area contributed by atoms with Crippen LogP contribution in [0.2, 0.25) is 0 Å². The molecule has 0 saturated heterocycles. The highest BCUT2D eigenvalue weighted by Crippen LogP contribution is 2.27.